The summed E-state index contributed by atoms with van der Waals surface area (Å²) in [4.78, 5) is 25.4. The van der Waals surface area contributed by atoms with Crippen molar-refractivity contribution in [3.05, 3.63) is 46.0 Å². The zero-order valence-corrected chi connectivity index (χ0v) is 14.9. The molecular weight excluding hydrogens is 368 g/mol. The summed E-state index contributed by atoms with van der Waals surface area (Å²) in [5.74, 6) is -4.84. The van der Waals surface area contributed by atoms with Crippen molar-refractivity contribution in [3.63, 3.8) is 0 Å². The molecule has 0 radical (unpaired) electrons. The highest BCUT2D eigenvalue weighted by atomic mass is 16.3. The first-order valence-electron chi connectivity index (χ1n) is 8.69. The molecule has 8 heteroatoms. The van der Waals surface area contributed by atoms with Gasteiger partial charge in [-0.15, -0.1) is 5.75 Å². The quantitative estimate of drug-likeness (QED) is 0.496. The Labute approximate surface area is 159 Å². The molecule has 1 aliphatic rings. The molecule has 0 unspecified atom stereocenters. The molecule has 0 aliphatic heterocycles. The third kappa shape index (κ3) is 3.17. The van der Waals surface area contributed by atoms with E-state index in [1.807, 2.05) is 0 Å². The van der Waals surface area contributed by atoms with E-state index in [1.165, 1.54) is 0 Å². The van der Waals surface area contributed by atoms with Gasteiger partial charge in [0.1, 0.15) is 11.5 Å². The molecule has 0 amide bonds. The van der Waals surface area contributed by atoms with Crippen molar-refractivity contribution in [3.8, 4) is 23.0 Å². The van der Waals surface area contributed by atoms with Gasteiger partial charge < -0.3 is 30.6 Å². The van der Waals surface area contributed by atoms with Crippen LogP contribution in [-0.4, -0.2) is 38.1 Å². The number of hydrogen-bond donors (Lipinski definition) is 4. The maximum Gasteiger partial charge on any atom is 0.197 e. The van der Waals surface area contributed by atoms with Crippen LogP contribution in [0.25, 0.3) is 0 Å². The molecule has 0 spiro atoms. The van der Waals surface area contributed by atoms with E-state index >= 15 is 0 Å². The van der Waals surface area contributed by atoms with Gasteiger partial charge >= 0.3 is 0 Å². The van der Waals surface area contributed by atoms with Gasteiger partial charge in [-0.3, -0.25) is 9.59 Å². The number of rotatable bonds is 5. The number of phenolic OH excluding ortho intramolecular Hbond substituents is 2. The Kier molecular flexibility index (Phi) is 5.01. The van der Waals surface area contributed by atoms with Crippen molar-refractivity contribution in [2.24, 2.45) is 0 Å². The Hall–Kier alpha value is -3.10. The third-order valence-corrected chi connectivity index (χ3v) is 4.76. The van der Waals surface area contributed by atoms with E-state index in [9.17, 15) is 40.2 Å². The molecule has 4 N–H and O–H groups in total. The smallest absolute Gasteiger partial charge is 0.197 e. The Morgan fingerprint density at radius 2 is 1.57 bits per heavy atom. The molecule has 0 aromatic heterocycles. The average molecular weight is 386 g/mol. The topological polar surface area (TPSA) is 161 Å². The van der Waals surface area contributed by atoms with Gasteiger partial charge in [0.2, 0.25) is 0 Å². The molecule has 0 saturated heterocycles. The monoisotopic (exact) mass is 386 g/mol. The number of fused-ring (bicyclic) bond motifs is 2. The number of phenols is 2. The van der Waals surface area contributed by atoms with Gasteiger partial charge in [0, 0.05) is 22.8 Å². The molecule has 0 saturated carbocycles. The van der Waals surface area contributed by atoms with E-state index in [0.29, 0.717) is 12.8 Å². The summed E-state index contributed by atoms with van der Waals surface area (Å²) in [7, 11) is 0. The number of aliphatic hydroxyl groups is 2. The van der Waals surface area contributed by atoms with Crippen LogP contribution in [0.4, 0.5) is 0 Å². The minimum atomic E-state index is -1.46. The van der Waals surface area contributed by atoms with E-state index in [2.05, 4.69) is 0 Å². The number of ketones is 2. The molecule has 0 heterocycles. The predicted octanol–water partition coefficient (Wildman–Crippen LogP) is 0.605. The van der Waals surface area contributed by atoms with E-state index in [-0.39, 0.29) is 12.0 Å². The van der Waals surface area contributed by atoms with Crippen LogP contribution in [0.5, 0.6) is 23.0 Å². The second kappa shape index (κ2) is 7.14. The second-order valence-electron chi connectivity index (χ2n) is 6.88. The molecule has 148 valence electrons. The fourth-order valence-electron chi connectivity index (χ4n) is 3.42. The predicted molar refractivity (Wildman–Crippen MR) is 92.5 cm³/mol. The van der Waals surface area contributed by atoms with Gasteiger partial charge in [0.25, 0.3) is 0 Å². The maximum absolute atomic E-state index is 12.8. The van der Waals surface area contributed by atoms with Gasteiger partial charge in [-0.25, -0.2) is 0 Å². The SMILES string of the molecule is C[C@@H](O)CCC[C@H](O)c1c([O-])cc2c(c1[O-])C(=O)c1c(O)cc(O)cc1C2=O. The number of aromatic hydroxyl groups is 2. The normalized spacial score (nSPS) is 15.1. The summed E-state index contributed by atoms with van der Waals surface area (Å²) >= 11 is 0. The lowest BCUT2D eigenvalue weighted by Crippen LogP contribution is -2.25. The summed E-state index contributed by atoms with van der Waals surface area (Å²) in [5.41, 5.74) is -2.26. The number of carbonyl (C=O) groups is 2. The van der Waals surface area contributed by atoms with Crippen LogP contribution in [0.3, 0.4) is 0 Å². The van der Waals surface area contributed by atoms with Gasteiger partial charge in [0.15, 0.2) is 11.6 Å². The van der Waals surface area contributed by atoms with Crippen LogP contribution < -0.4 is 10.2 Å². The first-order valence-corrected chi connectivity index (χ1v) is 8.69. The molecular formula is C20H18O8-2. The molecule has 1 aliphatic carbocycles. The van der Waals surface area contributed by atoms with E-state index in [0.717, 1.165) is 18.2 Å². The second-order valence-corrected chi connectivity index (χ2v) is 6.88. The lowest BCUT2D eigenvalue weighted by atomic mass is 9.81. The van der Waals surface area contributed by atoms with E-state index in [4.69, 9.17) is 0 Å². The summed E-state index contributed by atoms with van der Waals surface area (Å²) in [5, 5.41) is 64.3. The van der Waals surface area contributed by atoms with E-state index < -0.39 is 69.0 Å². The maximum atomic E-state index is 12.8. The van der Waals surface area contributed by atoms with Crippen molar-refractivity contribution in [1.29, 1.82) is 0 Å². The Bertz CT molecular complexity index is 977. The first-order chi connectivity index (χ1) is 13.1. The molecule has 2 aromatic carbocycles. The van der Waals surface area contributed by atoms with Gasteiger partial charge in [-0.1, -0.05) is 11.8 Å². The molecule has 3 rings (SSSR count). The highest BCUT2D eigenvalue weighted by molar-refractivity contribution is 6.30. The molecule has 28 heavy (non-hydrogen) atoms. The molecule has 2 atom stereocenters. The zero-order chi connectivity index (χ0) is 20.7. The van der Waals surface area contributed by atoms with Gasteiger partial charge in [0.05, 0.1) is 17.8 Å². The number of aliphatic hydroxyl groups excluding tert-OH is 2. The molecule has 8 nitrogen and oxygen atoms in total. The van der Waals surface area contributed by atoms with Crippen LogP contribution in [0, 0.1) is 0 Å². The zero-order valence-electron chi connectivity index (χ0n) is 14.9. The fourth-order valence-corrected chi connectivity index (χ4v) is 3.42. The number of hydrogen-bond acceptors (Lipinski definition) is 8. The average Bonchev–Trinajstić information content (AvgIpc) is 2.58. The minimum absolute atomic E-state index is 0.0199. The fraction of sp³-hybridized carbons (Fsp3) is 0.300. The number of carbonyl (C=O) groups excluding carboxylic acids is 2. The first kappa shape index (κ1) is 19.7. The van der Waals surface area contributed by atoms with Crippen molar-refractivity contribution in [2.75, 3.05) is 0 Å². The minimum Gasteiger partial charge on any atom is -0.872 e. The largest absolute Gasteiger partial charge is 0.872 e. The molecule has 0 bridgehead atoms. The van der Waals surface area contributed by atoms with Crippen molar-refractivity contribution in [2.45, 2.75) is 38.4 Å². The van der Waals surface area contributed by atoms with Crippen molar-refractivity contribution in [1.82, 2.24) is 0 Å². The Morgan fingerprint density at radius 1 is 0.929 bits per heavy atom. The van der Waals surface area contributed by atoms with Crippen LogP contribution in [0.15, 0.2) is 18.2 Å². The highest BCUT2D eigenvalue weighted by Crippen LogP contribution is 2.43. The van der Waals surface area contributed by atoms with Crippen LogP contribution in [0.2, 0.25) is 0 Å². The van der Waals surface area contributed by atoms with Crippen LogP contribution in [0.1, 0.15) is 69.7 Å². The standard InChI is InChI=1S/C20H20O8/c1-8(21)3-2-4-12(23)17-14(25)7-11-16(20(17)28)19(27)15-10(18(11)26)5-9(22)6-13(15)24/h5-8,12,21-25,28H,2-4H2,1H3/p-2/t8-,12+/m1/s1. The molecule has 0 fully saturated rings. The summed E-state index contributed by atoms with van der Waals surface area (Å²) in [6, 6.07) is 2.67. The van der Waals surface area contributed by atoms with Gasteiger partial charge in [-0.2, -0.15) is 0 Å². The third-order valence-electron chi connectivity index (χ3n) is 4.76. The van der Waals surface area contributed by atoms with Crippen LogP contribution >= 0.6 is 0 Å². The number of benzene rings is 2. The Morgan fingerprint density at radius 3 is 2.21 bits per heavy atom. The van der Waals surface area contributed by atoms with Crippen molar-refractivity contribution >= 4 is 11.6 Å². The lowest BCUT2D eigenvalue weighted by Gasteiger charge is -2.31. The van der Waals surface area contributed by atoms with Gasteiger partial charge in [-0.05, 0) is 37.8 Å². The summed E-state index contributed by atoms with van der Waals surface area (Å²) in [6.07, 6.45) is -1.35. The van der Waals surface area contributed by atoms with Crippen LogP contribution in [-0.2, 0) is 0 Å². The molecule has 2 aromatic rings. The lowest BCUT2D eigenvalue weighted by molar-refractivity contribution is -0.284. The Balaban J connectivity index is 2.10. The highest BCUT2D eigenvalue weighted by Gasteiger charge is 2.34. The van der Waals surface area contributed by atoms with E-state index in [1.54, 1.807) is 6.92 Å². The summed E-state index contributed by atoms with van der Waals surface area (Å²) in [6.45, 7) is 1.56. The van der Waals surface area contributed by atoms with Crippen molar-refractivity contribution < 1.29 is 40.2 Å². The summed E-state index contributed by atoms with van der Waals surface area (Å²) < 4.78 is 0.